The number of rotatable bonds is 3. The Morgan fingerprint density at radius 3 is 2.80 bits per heavy atom. The molecule has 0 saturated carbocycles. The second-order valence-electron chi connectivity index (χ2n) is 3.69. The van der Waals surface area contributed by atoms with E-state index in [1.54, 1.807) is 19.1 Å². The molecule has 0 bridgehead atoms. The number of ether oxygens (including phenoxy) is 2. The molecule has 3 nitrogen and oxygen atoms in total. The van der Waals surface area contributed by atoms with E-state index < -0.39 is 12.0 Å². The van der Waals surface area contributed by atoms with Crippen LogP contribution in [0.2, 0.25) is 5.02 Å². The summed E-state index contributed by atoms with van der Waals surface area (Å²) in [4.78, 5) is 12.0. The summed E-state index contributed by atoms with van der Waals surface area (Å²) >= 11 is 10.4. The number of carbonyl (C=O) groups excluding carboxylic acids is 1. The highest BCUT2D eigenvalue weighted by atomic mass is 79.9. The molecule has 0 aliphatic rings. The van der Waals surface area contributed by atoms with E-state index in [1.807, 2.05) is 0 Å². The highest BCUT2D eigenvalue weighted by Crippen LogP contribution is 2.41. The van der Waals surface area contributed by atoms with Crippen LogP contribution in [-0.2, 0) is 4.74 Å². The van der Waals surface area contributed by atoms with Gasteiger partial charge in [-0.1, -0.05) is 22.9 Å². The molecule has 1 aromatic heterocycles. The number of benzene rings is 1. The summed E-state index contributed by atoms with van der Waals surface area (Å²) in [6.45, 7) is 1.92. The molecule has 0 spiro atoms. The zero-order valence-electron chi connectivity index (χ0n) is 10.3. The van der Waals surface area contributed by atoms with Gasteiger partial charge in [0, 0.05) is 15.6 Å². The van der Waals surface area contributed by atoms with Crippen LogP contribution in [0, 0.1) is 5.82 Å². The number of thiophene rings is 1. The normalized spacial score (nSPS) is 10.4. The van der Waals surface area contributed by atoms with Crippen LogP contribution < -0.4 is 4.74 Å². The molecule has 0 unspecified atom stereocenters. The quantitative estimate of drug-likeness (QED) is 0.660. The molecule has 0 amide bonds. The Labute approximate surface area is 132 Å². The van der Waals surface area contributed by atoms with Gasteiger partial charge in [-0.05, 0) is 46.6 Å². The van der Waals surface area contributed by atoms with Crippen LogP contribution in [0.1, 0.15) is 6.92 Å². The first-order chi connectivity index (χ1) is 9.49. The maximum Gasteiger partial charge on any atom is 0.514 e. The lowest BCUT2D eigenvalue weighted by Gasteiger charge is -2.01. The third-order valence-electron chi connectivity index (χ3n) is 2.24. The highest BCUT2D eigenvalue weighted by molar-refractivity contribution is 9.10. The van der Waals surface area contributed by atoms with Crippen molar-refractivity contribution in [1.29, 1.82) is 0 Å². The van der Waals surface area contributed by atoms with E-state index in [4.69, 9.17) is 16.3 Å². The molecule has 0 aliphatic carbocycles. The van der Waals surface area contributed by atoms with Crippen LogP contribution in [0.3, 0.4) is 0 Å². The molecule has 0 radical (unpaired) electrons. The predicted octanol–water partition coefficient (Wildman–Crippen LogP) is 5.51. The fourth-order valence-electron chi connectivity index (χ4n) is 1.51. The van der Waals surface area contributed by atoms with Crippen molar-refractivity contribution in [2.45, 2.75) is 6.92 Å². The standard InChI is InChI=1S/C13H9BrClFO3S/c1-2-18-13(17)19-11-6-10(14)12(20-11)7-3-8(15)5-9(16)4-7/h3-6H,2H2,1H3. The summed E-state index contributed by atoms with van der Waals surface area (Å²) in [5, 5.41) is 0.652. The molecule has 106 valence electrons. The number of hydrogen-bond acceptors (Lipinski definition) is 4. The van der Waals surface area contributed by atoms with Gasteiger partial charge in [-0.2, -0.15) is 0 Å². The minimum atomic E-state index is -0.773. The van der Waals surface area contributed by atoms with Gasteiger partial charge in [0.05, 0.1) is 11.5 Å². The van der Waals surface area contributed by atoms with Crippen LogP contribution in [0.15, 0.2) is 28.7 Å². The van der Waals surface area contributed by atoms with E-state index in [0.29, 0.717) is 25.0 Å². The third-order valence-corrected chi connectivity index (χ3v) is 4.40. The van der Waals surface area contributed by atoms with E-state index in [2.05, 4.69) is 20.7 Å². The molecule has 2 rings (SSSR count). The summed E-state index contributed by atoms with van der Waals surface area (Å²) in [7, 11) is 0. The van der Waals surface area contributed by atoms with Crippen molar-refractivity contribution in [1.82, 2.24) is 0 Å². The minimum absolute atomic E-state index is 0.234. The summed E-state index contributed by atoms with van der Waals surface area (Å²) < 4.78 is 23.7. The largest absolute Gasteiger partial charge is 0.514 e. The number of halogens is 3. The van der Waals surface area contributed by atoms with Crippen molar-refractivity contribution in [2.24, 2.45) is 0 Å². The van der Waals surface area contributed by atoms with Crippen LogP contribution in [0.4, 0.5) is 9.18 Å². The SMILES string of the molecule is CCOC(=O)Oc1cc(Br)c(-c2cc(F)cc(Cl)c2)s1. The summed E-state index contributed by atoms with van der Waals surface area (Å²) in [6, 6.07) is 5.84. The molecule has 0 N–H and O–H groups in total. The topological polar surface area (TPSA) is 35.5 Å². The Kier molecular flexibility index (Phi) is 5.01. The van der Waals surface area contributed by atoms with Gasteiger partial charge in [0.25, 0.3) is 0 Å². The van der Waals surface area contributed by atoms with Crippen molar-refractivity contribution in [3.63, 3.8) is 0 Å². The van der Waals surface area contributed by atoms with Gasteiger partial charge in [-0.25, -0.2) is 9.18 Å². The third kappa shape index (κ3) is 3.71. The van der Waals surface area contributed by atoms with Crippen molar-refractivity contribution < 1.29 is 18.7 Å². The van der Waals surface area contributed by atoms with Crippen LogP contribution in [-0.4, -0.2) is 12.8 Å². The van der Waals surface area contributed by atoms with E-state index >= 15 is 0 Å². The lowest BCUT2D eigenvalue weighted by atomic mass is 10.2. The molecule has 1 aromatic carbocycles. The van der Waals surface area contributed by atoms with Gasteiger partial charge >= 0.3 is 6.16 Å². The van der Waals surface area contributed by atoms with E-state index in [-0.39, 0.29) is 6.61 Å². The summed E-state index contributed by atoms with van der Waals surface area (Å²) in [5.41, 5.74) is 0.602. The van der Waals surface area contributed by atoms with Crippen LogP contribution in [0.5, 0.6) is 5.06 Å². The Morgan fingerprint density at radius 2 is 2.15 bits per heavy atom. The van der Waals surface area contributed by atoms with Crippen molar-refractivity contribution >= 4 is 45.0 Å². The molecule has 0 fully saturated rings. The Hall–Kier alpha value is -1.11. The van der Waals surface area contributed by atoms with E-state index in [1.165, 1.54) is 23.5 Å². The summed E-state index contributed by atoms with van der Waals surface area (Å²) in [5.74, 6) is -0.430. The zero-order valence-corrected chi connectivity index (χ0v) is 13.4. The molecular formula is C13H9BrClFO3S. The van der Waals surface area contributed by atoms with Gasteiger partial charge in [0.2, 0.25) is 0 Å². The predicted molar refractivity (Wildman–Crippen MR) is 80.1 cm³/mol. The van der Waals surface area contributed by atoms with E-state index in [9.17, 15) is 9.18 Å². The molecule has 20 heavy (non-hydrogen) atoms. The van der Waals surface area contributed by atoms with Crippen LogP contribution >= 0.6 is 38.9 Å². The monoisotopic (exact) mass is 378 g/mol. The Balaban J connectivity index is 2.29. The van der Waals surface area contributed by atoms with Crippen LogP contribution in [0.25, 0.3) is 10.4 Å². The zero-order chi connectivity index (χ0) is 14.7. The fraction of sp³-hybridized carbons (Fsp3) is 0.154. The lowest BCUT2D eigenvalue weighted by Crippen LogP contribution is -2.08. The summed E-state index contributed by atoms with van der Waals surface area (Å²) in [6.07, 6.45) is -0.773. The van der Waals surface area contributed by atoms with Gasteiger partial charge in [-0.3, -0.25) is 0 Å². The molecule has 0 saturated heterocycles. The molecule has 2 aromatic rings. The van der Waals surface area contributed by atoms with Gasteiger partial charge in [0.15, 0.2) is 5.06 Å². The van der Waals surface area contributed by atoms with Gasteiger partial charge < -0.3 is 9.47 Å². The Bertz CT molecular complexity index is 624. The maximum atomic E-state index is 13.4. The average Bonchev–Trinajstić information content (AvgIpc) is 2.69. The molecular weight excluding hydrogens is 371 g/mol. The van der Waals surface area contributed by atoms with Crippen molar-refractivity contribution in [3.05, 3.63) is 39.6 Å². The van der Waals surface area contributed by atoms with E-state index in [0.717, 1.165) is 0 Å². The van der Waals surface area contributed by atoms with Crippen molar-refractivity contribution in [2.75, 3.05) is 6.61 Å². The average molecular weight is 380 g/mol. The minimum Gasteiger partial charge on any atom is -0.434 e. The Morgan fingerprint density at radius 1 is 1.40 bits per heavy atom. The number of carbonyl (C=O) groups is 1. The smallest absolute Gasteiger partial charge is 0.434 e. The van der Waals surface area contributed by atoms with Crippen molar-refractivity contribution in [3.8, 4) is 15.5 Å². The first-order valence-electron chi connectivity index (χ1n) is 5.60. The van der Waals surface area contributed by atoms with Gasteiger partial charge in [0.1, 0.15) is 5.82 Å². The molecule has 1 heterocycles. The highest BCUT2D eigenvalue weighted by Gasteiger charge is 2.14. The number of hydrogen-bond donors (Lipinski definition) is 0. The van der Waals surface area contributed by atoms with Gasteiger partial charge in [-0.15, -0.1) is 0 Å². The molecule has 7 heteroatoms. The first-order valence-corrected chi connectivity index (χ1v) is 7.58. The fourth-order valence-corrected chi connectivity index (χ4v) is 3.44. The second-order valence-corrected chi connectivity index (χ2v) is 5.99. The maximum absolute atomic E-state index is 13.4. The molecule has 0 aliphatic heterocycles. The first kappa shape index (κ1) is 15.3. The lowest BCUT2D eigenvalue weighted by molar-refractivity contribution is 0.105. The second kappa shape index (κ2) is 6.56. The molecule has 0 atom stereocenters.